The van der Waals surface area contributed by atoms with Crippen LogP contribution >= 0.6 is 12.2 Å². The highest BCUT2D eigenvalue weighted by molar-refractivity contribution is 7.71. The molecule has 156 valence electrons. The maximum Gasteiger partial charge on any atom is 0.340 e. The van der Waals surface area contributed by atoms with Crippen molar-refractivity contribution in [2.75, 3.05) is 6.61 Å². The van der Waals surface area contributed by atoms with Crippen LogP contribution in [0.5, 0.6) is 0 Å². The zero-order valence-electron chi connectivity index (χ0n) is 17.2. The first-order valence-corrected chi connectivity index (χ1v) is 10.3. The van der Waals surface area contributed by atoms with Gasteiger partial charge in [0.1, 0.15) is 0 Å². The molecule has 8 nitrogen and oxygen atoms in total. The van der Waals surface area contributed by atoms with Crippen molar-refractivity contribution in [1.82, 2.24) is 24.6 Å². The van der Waals surface area contributed by atoms with Gasteiger partial charge in [0.25, 0.3) is 0 Å². The Kier molecular flexibility index (Phi) is 6.36. The van der Waals surface area contributed by atoms with E-state index in [9.17, 15) is 9.59 Å². The Hall–Kier alpha value is -2.68. The molecule has 1 aliphatic carbocycles. The predicted octanol–water partition coefficient (Wildman–Crippen LogP) is 3.22. The third kappa shape index (κ3) is 4.34. The predicted molar refractivity (Wildman–Crippen MR) is 112 cm³/mol. The molecule has 0 radical (unpaired) electrons. The monoisotopic (exact) mass is 417 g/mol. The molecule has 1 fully saturated rings. The third-order valence-corrected chi connectivity index (χ3v) is 5.43. The standard InChI is InChI=1S/C20H27N5O3S/c1-5-24-12(3)15(18(13(24)4)19(27)28-6-2)9-10-17(26)21-11-16-22-23-20(29)25(16)14-7-8-14/h9-10,14H,5-8,11H2,1-4H3,(H,21,26)(H,23,29)/b10-9+. The minimum absolute atomic E-state index is 0.266. The van der Waals surface area contributed by atoms with Gasteiger partial charge in [-0.2, -0.15) is 5.10 Å². The molecule has 3 rings (SSSR count). The molecule has 0 aromatic carbocycles. The van der Waals surface area contributed by atoms with Crippen LogP contribution in [-0.2, 0) is 22.6 Å². The number of carbonyl (C=O) groups is 2. The van der Waals surface area contributed by atoms with Crippen LogP contribution in [0.4, 0.5) is 0 Å². The SMILES string of the molecule is CCOC(=O)c1c(/C=C/C(=O)NCc2n[nH]c(=S)n2C2CC2)c(C)n(CC)c1C. The topological polar surface area (TPSA) is 93.9 Å². The molecule has 2 N–H and O–H groups in total. The lowest BCUT2D eigenvalue weighted by Crippen LogP contribution is -2.22. The van der Waals surface area contributed by atoms with E-state index < -0.39 is 0 Å². The number of hydrogen-bond donors (Lipinski definition) is 2. The van der Waals surface area contributed by atoms with E-state index in [1.165, 1.54) is 6.08 Å². The Balaban J connectivity index is 1.76. The molecule has 0 atom stereocenters. The molecule has 1 saturated carbocycles. The number of aromatic amines is 1. The summed E-state index contributed by atoms with van der Waals surface area (Å²) in [4.78, 5) is 24.8. The van der Waals surface area contributed by atoms with Crippen LogP contribution in [0.1, 0.15) is 65.9 Å². The quantitative estimate of drug-likeness (QED) is 0.391. The molecule has 0 aliphatic heterocycles. The van der Waals surface area contributed by atoms with Crippen molar-refractivity contribution < 1.29 is 14.3 Å². The lowest BCUT2D eigenvalue weighted by Gasteiger charge is -2.05. The van der Waals surface area contributed by atoms with Crippen molar-refractivity contribution in [3.05, 3.63) is 39.2 Å². The summed E-state index contributed by atoms with van der Waals surface area (Å²) in [5.74, 6) is 0.0772. The van der Waals surface area contributed by atoms with E-state index in [-0.39, 0.29) is 18.4 Å². The van der Waals surface area contributed by atoms with Crippen LogP contribution in [-0.4, -0.2) is 37.8 Å². The number of nitrogens with zero attached hydrogens (tertiary/aromatic N) is 3. The maximum atomic E-state index is 12.4. The highest BCUT2D eigenvalue weighted by atomic mass is 32.1. The Morgan fingerprint density at radius 1 is 1.31 bits per heavy atom. The van der Waals surface area contributed by atoms with Crippen LogP contribution in [0.2, 0.25) is 0 Å². The highest BCUT2D eigenvalue weighted by Crippen LogP contribution is 2.35. The molecule has 0 spiro atoms. The van der Waals surface area contributed by atoms with E-state index in [2.05, 4.69) is 15.5 Å². The number of hydrogen-bond acceptors (Lipinski definition) is 5. The molecule has 0 unspecified atom stereocenters. The lowest BCUT2D eigenvalue weighted by atomic mass is 10.1. The van der Waals surface area contributed by atoms with Crippen LogP contribution in [0, 0.1) is 18.6 Å². The van der Waals surface area contributed by atoms with Crippen molar-refractivity contribution in [2.24, 2.45) is 0 Å². The summed E-state index contributed by atoms with van der Waals surface area (Å²) in [5.41, 5.74) is 2.97. The van der Waals surface area contributed by atoms with Gasteiger partial charge in [-0.25, -0.2) is 4.79 Å². The summed E-state index contributed by atoms with van der Waals surface area (Å²) in [5, 5.41) is 9.83. The number of esters is 1. The summed E-state index contributed by atoms with van der Waals surface area (Å²) >= 11 is 5.26. The Bertz CT molecular complexity index is 1010. The first-order chi connectivity index (χ1) is 13.9. The van der Waals surface area contributed by atoms with E-state index in [0.29, 0.717) is 28.5 Å². The smallest absolute Gasteiger partial charge is 0.340 e. The summed E-state index contributed by atoms with van der Waals surface area (Å²) in [6.45, 7) is 8.93. The maximum absolute atomic E-state index is 12.4. The Morgan fingerprint density at radius 2 is 2.03 bits per heavy atom. The van der Waals surface area contributed by atoms with E-state index in [4.69, 9.17) is 17.0 Å². The van der Waals surface area contributed by atoms with Gasteiger partial charge < -0.3 is 14.6 Å². The van der Waals surface area contributed by atoms with Crippen molar-refractivity contribution in [3.63, 3.8) is 0 Å². The molecular formula is C20H27N5O3S. The summed E-state index contributed by atoms with van der Waals surface area (Å²) < 4.78 is 9.79. The molecular weight excluding hydrogens is 390 g/mol. The number of H-pyrrole nitrogens is 1. The molecule has 0 saturated heterocycles. The van der Waals surface area contributed by atoms with Crippen molar-refractivity contribution >= 4 is 30.2 Å². The fraction of sp³-hybridized carbons (Fsp3) is 0.500. The second kappa shape index (κ2) is 8.77. The van der Waals surface area contributed by atoms with Crippen LogP contribution in [0.3, 0.4) is 0 Å². The average Bonchev–Trinajstić information content (AvgIpc) is 3.40. The van der Waals surface area contributed by atoms with E-state index in [1.807, 2.05) is 29.9 Å². The number of aromatic nitrogens is 4. The number of nitrogens with one attached hydrogen (secondary N) is 2. The van der Waals surface area contributed by atoms with Gasteiger partial charge in [0.2, 0.25) is 5.91 Å². The van der Waals surface area contributed by atoms with Crippen molar-refractivity contribution in [1.29, 1.82) is 0 Å². The second-order valence-corrected chi connectivity index (χ2v) is 7.41. The largest absolute Gasteiger partial charge is 0.462 e. The van der Waals surface area contributed by atoms with Gasteiger partial charge >= 0.3 is 5.97 Å². The minimum Gasteiger partial charge on any atom is -0.462 e. The molecule has 1 amide bonds. The minimum atomic E-state index is -0.375. The van der Waals surface area contributed by atoms with Gasteiger partial charge in [-0.05, 0) is 58.8 Å². The van der Waals surface area contributed by atoms with Crippen molar-refractivity contribution in [3.8, 4) is 0 Å². The van der Waals surface area contributed by atoms with Crippen molar-refractivity contribution in [2.45, 2.75) is 59.7 Å². The summed E-state index contributed by atoms with van der Waals surface area (Å²) in [7, 11) is 0. The summed E-state index contributed by atoms with van der Waals surface area (Å²) in [6, 6.07) is 0.385. The Morgan fingerprint density at radius 3 is 2.66 bits per heavy atom. The summed E-state index contributed by atoms with van der Waals surface area (Å²) in [6.07, 6.45) is 5.28. The van der Waals surface area contributed by atoms with Gasteiger partial charge in [0.05, 0.1) is 18.7 Å². The van der Waals surface area contributed by atoms with E-state index >= 15 is 0 Å². The fourth-order valence-electron chi connectivity index (χ4n) is 3.60. The fourth-order valence-corrected chi connectivity index (χ4v) is 3.90. The van der Waals surface area contributed by atoms with Gasteiger partial charge in [-0.1, -0.05) is 0 Å². The average molecular weight is 418 g/mol. The van der Waals surface area contributed by atoms with Gasteiger partial charge in [-0.3, -0.25) is 14.5 Å². The zero-order valence-corrected chi connectivity index (χ0v) is 18.1. The number of amides is 1. The molecule has 1 aliphatic rings. The van der Waals surface area contributed by atoms with Crippen LogP contribution in [0.25, 0.3) is 6.08 Å². The van der Waals surface area contributed by atoms with Gasteiger partial charge in [0.15, 0.2) is 10.6 Å². The first-order valence-electron chi connectivity index (χ1n) is 9.87. The van der Waals surface area contributed by atoms with Crippen LogP contribution in [0.15, 0.2) is 6.08 Å². The van der Waals surface area contributed by atoms with E-state index in [1.54, 1.807) is 13.0 Å². The highest BCUT2D eigenvalue weighted by Gasteiger charge is 2.27. The molecule has 9 heteroatoms. The molecule has 2 aromatic heterocycles. The lowest BCUT2D eigenvalue weighted by molar-refractivity contribution is -0.116. The molecule has 2 heterocycles. The zero-order chi connectivity index (χ0) is 21.1. The first kappa shape index (κ1) is 21.0. The third-order valence-electron chi connectivity index (χ3n) is 5.14. The molecule has 29 heavy (non-hydrogen) atoms. The normalized spacial score (nSPS) is 13.8. The van der Waals surface area contributed by atoms with Gasteiger partial charge in [-0.15, -0.1) is 0 Å². The number of carbonyl (C=O) groups excluding carboxylic acids is 2. The molecule has 2 aromatic rings. The van der Waals surface area contributed by atoms with Crippen LogP contribution < -0.4 is 5.32 Å². The number of rotatable bonds is 8. The number of ether oxygens (including phenoxy) is 1. The second-order valence-electron chi connectivity index (χ2n) is 7.02. The van der Waals surface area contributed by atoms with Gasteiger partial charge in [0, 0.05) is 35.6 Å². The molecule has 0 bridgehead atoms. The Labute approximate surface area is 174 Å². The van der Waals surface area contributed by atoms with E-state index in [0.717, 1.165) is 36.6 Å².